The molecule has 1 aliphatic rings. The first kappa shape index (κ1) is 15.0. The molecule has 1 unspecified atom stereocenters. The van der Waals surface area contributed by atoms with Crippen molar-refractivity contribution in [2.45, 2.75) is 51.5 Å². The second-order valence-electron chi connectivity index (χ2n) is 5.13. The molecular weight excluding hydrogens is 232 g/mol. The highest BCUT2D eigenvalue weighted by Crippen LogP contribution is 2.25. The Bertz CT molecular complexity index is 288. The van der Waals surface area contributed by atoms with E-state index in [0.29, 0.717) is 6.54 Å². The number of carboxylic acid groups (broad SMARTS) is 1. The van der Waals surface area contributed by atoms with E-state index in [1.165, 1.54) is 0 Å². The van der Waals surface area contributed by atoms with Crippen molar-refractivity contribution in [1.29, 1.82) is 0 Å². The van der Waals surface area contributed by atoms with Gasteiger partial charge in [0.25, 0.3) is 0 Å². The highest BCUT2D eigenvalue weighted by Gasteiger charge is 2.30. The molecular formula is C13H24N2O3. The Morgan fingerprint density at radius 2 is 2.00 bits per heavy atom. The monoisotopic (exact) mass is 256 g/mol. The SMILES string of the molecule is CC(CCCN)C(=O)N(CC(=O)O)C1CCCC1. The molecule has 0 aliphatic heterocycles. The van der Waals surface area contributed by atoms with Crippen LogP contribution >= 0.6 is 0 Å². The van der Waals surface area contributed by atoms with E-state index in [1.54, 1.807) is 4.90 Å². The Morgan fingerprint density at radius 1 is 1.39 bits per heavy atom. The molecule has 0 saturated heterocycles. The van der Waals surface area contributed by atoms with Crippen LogP contribution in [0.5, 0.6) is 0 Å². The van der Waals surface area contributed by atoms with Crippen LogP contribution in [0.1, 0.15) is 45.4 Å². The number of carbonyl (C=O) groups excluding carboxylic acids is 1. The quantitative estimate of drug-likeness (QED) is 0.717. The van der Waals surface area contributed by atoms with Gasteiger partial charge in [-0.2, -0.15) is 0 Å². The van der Waals surface area contributed by atoms with Gasteiger partial charge >= 0.3 is 5.97 Å². The molecule has 18 heavy (non-hydrogen) atoms. The molecule has 1 saturated carbocycles. The van der Waals surface area contributed by atoms with Crippen molar-refractivity contribution in [2.75, 3.05) is 13.1 Å². The fourth-order valence-electron chi connectivity index (χ4n) is 2.58. The van der Waals surface area contributed by atoms with Crippen LogP contribution in [-0.2, 0) is 9.59 Å². The second-order valence-corrected chi connectivity index (χ2v) is 5.13. The second kappa shape index (κ2) is 7.36. The zero-order valence-electron chi connectivity index (χ0n) is 11.1. The maximum atomic E-state index is 12.3. The number of nitrogens with two attached hydrogens (primary N) is 1. The molecule has 0 aromatic heterocycles. The minimum Gasteiger partial charge on any atom is -0.480 e. The third-order valence-corrected chi connectivity index (χ3v) is 3.62. The summed E-state index contributed by atoms with van der Waals surface area (Å²) in [6.07, 6.45) is 5.58. The van der Waals surface area contributed by atoms with E-state index in [4.69, 9.17) is 10.8 Å². The van der Waals surface area contributed by atoms with Gasteiger partial charge < -0.3 is 15.7 Å². The average molecular weight is 256 g/mol. The summed E-state index contributed by atoms with van der Waals surface area (Å²) in [7, 11) is 0. The van der Waals surface area contributed by atoms with Crippen LogP contribution in [0.4, 0.5) is 0 Å². The number of amides is 1. The van der Waals surface area contributed by atoms with E-state index >= 15 is 0 Å². The third-order valence-electron chi connectivity index (χ3n) is 3.62. The van der Waals surface area contributed by atoms with Gasteiger partial charge in [0.1, 0.15) is 6.54 Å². The predicted octanol–water partition coefficient (Wildman–Crippen LogP) is 1.22. The number of carboxylic acids is 1. The summed E-state index contributed by atoms with van der Waals surface area (Å²) in [5.41, 5.74) is 5.44. The summed E-state index contributed by atoms with van der Waals surface area (Å²) < 4.78 is 0. The van der Waals surface area contributed by atoms with Gasteiger partial charge in [-0.25, -0.2) is 0 Å². The van der Waals surface area contributed by atoms with Crippen LogP contribution in [-0.4, -0.2) is 41.0 Å². The lowest BCUT2D eigenvalue weighted by molar-refractivity contribution is -0.148. The van der Waals surface area contributed by atoms with Crippen molar-refractivity contribution < 1.29 is 14.7 Å². The van der Waals surface area contributed by atoms with Crippen molar-refractivity contribution in [3.05, 3.63) is 0 Å². The molecule has 1 atom stereocenters. The molecule has 3 N–H and O–H groups in total. The number of aliphatic carboxylic acids is 1. The van der Waals surface area contributed by atoms with Crippen LogP contribution in [0.15, 0.2) is 0 Å². The molecule has 1 amide bonds. The summed E-state index contributed by atoms with van der Waals surface area (Å²) in [6.45, 7) is 2.26. The van der Waals surface area contributed by atoms with E-state index in [1.807, 2.05) is 6.92 Å². The lowest BCUT2D eigenvalue weighted by atomic mass is 10.0. The molecule has 0 bridgehead atoms. The summed E-state index contributed by atoms with van der Waals surface area (Å²) in [5, 5.41) is 8.94. The first-order valence-electron chi connectivity index (χ1n) is 6.78. The Labute approximate surface area is 108 Å². The predicted molar refractivity (Wildman–Crippen MR) is 69.1 cm³/mol. The van der Waals surface area contributed by atoms with Crippen molar-refractivity contribution in [1.82, 2.24) is 4.90 Å². The van der Waals surface area contributed by atoms with Crippen LogP contribution in [0.2, 0.25) is 0 Å². The standard InChI is InChI=1S/C13H24N2O3/c1-10(5-4-8-14)13(18)15(9-12(16)17)11-6-2-3-7-11/h10-11H,2-9,14H2,1H3,(H,16,17). The molecule has 5 heteroatoms. The molecule has 104 valence electrons. The van der Waals surface area contributed by atoms with Crippen molar-refractivity contribution in [3.8, 4) is 0 Å². The van der Waals surface area contributed by atoms with Crippen LogP contribution < -0.4 is 5.73 Å². The lowest BCUT2D eigenvalue weighted by Gasteiger charge is -2.30. The highest BCUT2D eigenvalue weighted by atomic mass is 16.4. The van der Waals surface area contributed by atoms with Gasteiger partial charge in [-0.3, -0.25) is 9.59 Å². The molecule has 0 aromatic carbocycles. The number of hydrogen-bond acceptors (Lipinski definition) is 3. The minimum absolute atomic E-state index is 0.0299. The fraction of sp³-hybridized carbons (Fsp3) is 0.846. The summed E-state index contributed by atoms with van der Waals surface area (Å²) >= 11 is 0. The number of hydrogen-bond donors (Lipinski definition) is 2. The zero-order valence-corrected chi connectivity index (χ0v) is 11.1. The van der Waals surface area contributed by atoms with Gasteiger partial charge in [-0.1, -0.05) is 19.8 Å². The van der Waals surface area contributed by atoms with Gasteiger partial charge in [0.05, 0.1) is 0 Å². The Kier molecular flexibility index (Phi) is 6.12. The van der Waals surface area contributed by atoms with Crippen molar-refractivity contribution in [2.24, 2.45) is 11.7 Å². The molecule has 0 heterocycles. The molecule has 1 aliphatic carbocycles. The van der Waals surface area contributed by atoms with E-state index in [2.05, 4.69) is 0 Å². The topological polar surface area (TPSA) is 83.6 Å². The highest BCUT2D eigenvalue weighted by molar-refractivity contribution is 5.83. The first-order valence-corrected chi connectivity index (χ1v) is 6.78. The summed E-state index contributed by atoms with van der Waals surface area (Å²) in [6, 6.07) is 0.119. The Balaban J connectivity index is 2.62. The number of nitrogens with zero attached hydrogens (tertiary/aromatic N) is 1. The van der Waals surface area contributed by atoms with Crippen molar-refractivity contribution in [3.63, 3.8) is 0 Å². The smallest absolute Gasteiger partial charge is 0.323 e. The third kappa shape index (κ3) is 4.29. The van der Waals surface area contributed by atoms with Gasteiger partial charge in [-0.05, 0) is 32.2 Å². The number of carbonyl (C=O) groups is 2. The van der Waals surface area contributed by atoms with Crippen molar-refractivity contribution >= 4 is 11.9 Å². The van der Waals surface area contributed by atoms with E-state index in [-0.39, 0.29) is 24.4 Å². The molecule has 5 nitrogen and oxygen atoms in total. The molecule has 1 rings (SSSR count). The van der Waals surface area contributed by atoms with Gasteiger partial charge in [0, 0.05) is 12.0 Å². The van der Waals surface area contributed by atoms with Crippen LogP contribution in [0.25, 0.3) is 0 Å². The molecule has 0 spiro atoms. The number of rotatable bonds is 7. The molecule has 0 radical (unpaired) electrons. The van der Waals surface area contributed by atoms with E-state index < -0.39 is 5.97 Å². The lowest BCUT2D eigenvalue weighted by Crippen LogP contribution is -2.44. The fourth-order valence-corrected chi connectivity index (χ4v) is 2.58. The van der Waals surface area contributed by atoms with Crippen LogP contribution in [0, 0.1) is 5.92 Å². The summed E-state index contributed by atoms with van der Waals surface area (Å²) in [5.74, 6) is -1.09. The van der Waals surface area contributed by atoms with E-state index in [9.17, 15) is 9.59 Å². The minimum atomic E-state index is -0.929. The van der Waals surface area contributed by atoms with Gasteiger partial charge in [0.15, 0.2) is 0 Å². The average Bonchev–Trinajstić information content (AvgIpc) is 2.85. The van der Waals surface area contributed by atoms with Crippen LogP contribution in [0.3, 0.4) is 0 Å². The Morgan fingerprint density at radius 3 is 2.50 bits per heavy atom. The maximum absolute atomic E-state index is 12.3. The zero-order chi connectivity index (χ0) is 13.5. The Hall–Kier alpha value is -1.10. The maximum Gasteiger partial charge on any atom is 0.323 e. The first-order chi connectivity index (χ1) is 8.56. The molecule has 1 fully saturated rings. The normalized spacial score (nSPS) is 17.7. The largest absolute Gasteiger partial charge is 0.480 e. The van der Waals surface area contributed by atoms with Gasteiger partial charge in [-0.15, -0.1) is 0 Å². The summed E-state index contributed by atoms with van der Waals surface area (Å²) in [4.78, 5) is 24.8. The van der Waals surface area contributed by atoms with Gasteiger partial charge in [0.2, 0.25) is 5.91 Å². The molecule has 0 aromatic rings. The van der Waals surface area contributed by atoms with E-state index in [0.717, 1.165) is 38.5 Å².